The number of nitrogens with zero attached hydrogens (tertiary/aromatic N) is 2. The van der Waals surface area contributed by atoms with Gasteiger partial charge in [0.05, 0.1) is 4.75 Å². The van der Waals surface area contributed by atoms with Gasteiger partial charge in [0.25, 0.3) is 0 Å². The van der Waals surface area contributed by atoms with Crippen molar-refractivity contribution in [3.63, 3.8) is 0 Å². The van der Waals surface area contributed by atoms with Crippen LogP contribution in [0, 0.1) is 0 Å². The molecule has 1 fully saturated rings. The van der Waals surface area contributed by atoms with Crippen molar-refractivity contribution in [2.24, 2.45) is 0 Å². The Hall–Kier alpha value is -0.900. The first-order valence-electron chi connectivity index (χ1n) is 4.71. The highest BCUT2D eigenvalue weighted by Crippen LogP contribution is 2.38. The van der Waals surface area contributed by atoms with Gasteiger partial charge in [-0.1, -0.05) is 0 Å². The van der Waals surface area contributed by atoms with Gasteiger partial charge in [-0.25, -0.2) is 9.97 Å². The molecule has 1 aromatic heterocycles. The van der Waals surface area contributed by atoms with Gasteiger partial charge in [0.1, 0.15) is 12.1 Å². The Morgan fingerprint density at radius 1 is 1.50 bits per heavy atom. The van der Waals surface area contributed by atoms with Gasteiger partial charge in [0, 0.05) is 18.8 Å². The average Bonchev–Trinajstić information content (AvgIpc) is 2.69. The van der Waals surface area contributed by atoms with E-state index in [0.717, 1.165) is 30.7 Å². The van der Waals surface area contributed by atoms with E-state index >= 15 is 0 Å². The maximum absolute atomic E-state index is 11.1. The molecule has 1 aliphatic rings. The second-order valence-electron chi connectivity index (χ2n) is 3.48. The lowest BCUT2D eigenvalue weighted by Gasteiger charge is -2.19. The topological polar surface area (TPSA) is 42.9 Å². The molecule has 1 aliphatic heterocycles. The van der Waals surface area contributed by atoms with Crippen LogP contribution >= 0.6 is 11.8 Å². The number of aromatic nitrogens is 2. The van der Waals surface area contributed by atoms with E-state index in [9.17, 15) is 4.79 Å². The molecule has 0 amide bonds. The van der Waals surface area contributed by atoms with Crippen molar-refractivity contribution >= 4 is 18.0 Å². The summed E-state index contributed by atoms with van der Waals surface area (Å²) in [6.07, 6.45) is 7.26. The van der Waals surface area contributed by atoms with Gasteiger partial charge in [-0.2, -0.15) is 0 Å². The number of rotatable bonds is 3. The molecule has 1 saturated heterocycles. The minimum absolute atomic E-state index is 0.249. The Morgan fingerprint density at radius 3 is 2.86 bits per heavy atom. The minimum Gasteiger partial charge on any atom is -0.302 e. The number of hydrogen-bond donors (Lipinski definition) is 0. The van der Waals surface area contributed by atoms with E-state index in [-0.39, 0.29) is 4.75 Å². The lowest BCUT2D eigenvalue weighted by molar-refractivity contribution is -0.109. The molecule has 0 spiro atoms. The van der Waals surface area contributed by atoms with E-state index in [2.05, 4.69) is 9.97 Å². The van der Waals surface area contributed by atoms with E-state index in [1.165, 1.54) is 0 Å². The van der Waals surface area contributed by atoms with E-state index in [0.29, 0.717) is 6.42 Å². The van der Waals surface area contributed by atoms with Gasteiger partial charge in [0.15, 0.2) is 0 Å². The smallest absolute Gasteiger partial charge is 0.136 e. The molecule has 1 unspecified atom stereocenters. The summed E-state index contributed by atoms with van der Waals surface area (Å²) in [7, 11) is 0. The molecule has 2 heterocycles. The Kier molecular flexibility index (Phi) is 2.82. The lowest BCUT2D eigenvalue weighted by Crippen LogP contribution is -2.27. The summed E-state index contributed by atoms with van der Waals surface area (Å²) in [5.74, 6) is 1.85. The van der Waals surface area contributed by atoms with E-state index in [4.69, 9.17) is 0 Å². The predicted octanol–water partition coefficient (Wildman–Crippen LogP) is 1.48. The van der Waals surface area contributed by atoms with Gasteiger partial charge in [-0.3, -0.25) is 0 Å². The summed E-state index contributed by atoms with van der Waals surface area (Å²) < 4.78 is -0.249. The quantitative estimate of drug-likeness (QED) is 0.706. The largest absolute Gasteiger partial charge is 0.302 e. The first-order chi connectivity index (χ1) is 6.85. The average molecular weight is 208 g/mol. The third-order valence-electron chi connectivity index (χ3n) is 2.43. The first-order valence-corrected chi connectivity index (χ1v) is 5.69. The Labute approximate surface area is 87.3 Å². The molecule has 0 bridgehead atoms. The summed E-state index contributed by atoms with van der Waals surface area (Å²) >= 11 is 1.74. The fourth-order valence-corrected chi connectivity index (χ4v) is 2.97. The minimum atomic E-state index is -0.249. The standard InChI is InChI=1S/C10H12N2OS/c13-8-10(3-1-6-14-10)7-9-11-4-2-5-12-9/h2,4-5,8H,1,3,6-7H2. The van der Waals surface area contributed by atoms with Crippen molar-refractivity contribution in [3.8, 4) is 0 Å². The van der Waals surface area contributed by atoms with Crippen LogP contribution in [0.4, 0.5) is 0 Å². The van der Waals surface area contributed by atoms with Crippen molar-refractivity contribution in [3.05, 3.63) is 24.3 Å². The molecule has 0 aromatic carbocycles. The third kappa shape index (κ3) is 1.95. The SMILES string of the molecule is O=CC1(Cc2ncccn2)CCCS1. The Balaban J connectivity index is 2.12. The molecule has 14 heavy (non-hydrogen) atoms. The number of carbonyl (C=O) groups excluding carboxylic acids is 1. The van der Waals surface area contributed by atoms with Crippen LogP contribution in [-0.2, 0) is 11.2 Å². The van der Waals surface area contributed by atoms with Gasteiger partial charge in [0.2, 0.25) is 0 Å². The van der Waals surface area contributed by atoms with E-state index in [1.807, 2.05) is 0 Å². The molecule has 0 radical (unpaired) electrons. The fraction of sp³-hybridized carbons (Fsp3) is 0.500. The summed E-state index contributed by atoms with van der Waals surface area (Å²) in [4.78, 5) is 19.4. The molecule has 0 aliphatic carbocycles. The van der Waals surface area contributed by atoms with Crippen LogP contribution in [-0.4, -0.2) is 26.8 Å². The molecule has 74 valence electrons. The van der Waals surface area contributed by atoms with Gasteiger partial charge >= 0.3 is 0 Å². The zero-order chi connectivity index (χ0) is 9.86. The highest BCUT2D eigenvalue weighted by molar-refractivity contribution is 8.01. The van der Waals surface area contributed by atoms with Crippen molar-refractivity contribution in [1.82, 2.24) is 9.97 Å². The summed E-state index contributed by atoms with van der Waals surface area (Å²) in [5.41, 5.74) is 0. The second-order valence-corrected chi connectivity index (χ2v) is 4.99. The molecule has 4 heteroatoms. The van der Waals surface area contributed by atoms with Crippen LogP contribution in [0.3, 0.4) is 0 Å². The van der Waals surface area contributed by atoms with Crippen LogP contribution in [0.15, 0.2) is 18.5 Å². The molecule has 3 nitrogen and oxygen atoms in total. The normalized spacial score (nSPS) is 26.3. The van der Waals surface area contributed by atoms with Crippen LogP contribution in [0.2, 0.25) is 0 Å². The molecule has 1 atom stereocenters. The van der Waals surface area contributed by atoms with E-state index < -0.39 is 0 Å². The second kappa shape index (κ2) is 4.09. The van der Waals surface area contributed by atoms with E-state index in [1.54, 1.807) is 30.2 Å². The maximum Gasteiger partial charge on any atom is 0.136 e. The zero-order valence-corrected chi connectivity index (χ0v) is 8.67. The lowest BCUT2D eigenvalue weighted by atomic mass is 10.0. The first kappa shape index (κ1) is 9.65. The van der Waals surface area contributed by atoms with Gasteiger partial charge in [-0.15, -0.1) is 11.8 Å². The van der Waals surface area contributed by atoms with Crippen molar-refractivity contribution in [2.45, 2.75) is 24.0 Å². The summed E-state index contributed by atoms with van der Waals surface area (Å²) in [5, 5.41) is 0. The highest BCUT2D eigenvalue weighted by atomic mass is 32.2. The van der Waals surface area contributed by atoms with Crippen LogP contribution < -0.4 is 0 Å². The molecule has 0 saturated carbocycles. The van der Waals surface area contributed by atoms with Crippen LogP contribution in [0.5, 0.6) is 0 Å². The summed E-state index contributed by atoms with van der Waals surface area (Å²) in [6.45, 7) is 0. The van der Waals surface area contributed by atoms with Crippen molar-refractivity contribution < 1.29 is 4.79 Å². The number of thioether (sulfide) groups is 1. The fourth-order valence-electron chi connectivity index (χ4n) is 1.68. The molecule has 0 N–H and O–H groups in total. The predicted molar refractivity (Wildman–Crippen MR) is 56.2 cm³/mol. The van der Waals surface area contributed by atoms with Gasteiger partial charge in [-0.05, 0) is 24.7 Å². The van der Waals surface area contributed by atoms with Crippen molar-refractivity contribution in [1.29, 1.82) is 0 Å². The van der Waals surface area contributed by atoms with Crippen molar-refractivity contribution in [2.75, 3.05) is 5.75 Å². The molecular weight excluding hydrogens is 196 g/mol. The molecular formula is C10H12N2OS. The van der Waals surface area contributed by atoms with Gasteiger partial charge < -0.3 is 4.79 Å². The highest BCUT2D eigenvalue weighted by Gasteiger charge is 2.35. The molecule has 1 aromatic rings. The molecule has 2 rings (SSSR count). The Bertz CT molecular complexity index is 309. The van der Waals surface area contributed by atoms with Crippen LogP contribution in [0.25, 0.3) is 0 Å². The number of aldehydes is 1. The zero-order valence-electron chi connectivity index (χ0n) is 7.85. The monoisotopic (exact) mass is 208 g/mol. The maximum atomic E-state index is 11.1. The number of carbonyl (C=O) groups is 1. The third-order valence-corrected chi connectivity index (χ3v) is 3.94. The summed E-state index contributed by atoms with van der Waals surface area (Å²) in [6, 6.07) is 1.79. The Morgan fingerprint density at radius 2 is 2.29 bits per heavy atom. The number of hydrogen-bond acceptors (Lipinski definition) is 4. The van der Waals surface area contributed by atoms with Crippen LogP contribution in [0.1, 0.15) is 18.7 Å².